The minimum absolute atomic E-state index is 0. The Morgan fingerprint density at radius 1 is 1.73 bits per heavy atom. The highest BCUT2D eigenvalue weighted by atomic mass is 35.5. The van der Waals surface area contributed by atoms with Gasteiger partial charge in [0.05, 0.1) is 13.7 Å². The van der Waals surface area contributed by atoms with Crippen LogP contribution in [-0.4, -0.2) is 31.8 Å². The van der Waals surface area contributed by atoms with E-state index in [0.29, 0.717) is 13.0 Å². The molecular formula is C6H12ClNO3. The first-order valence-electron chi connectivity index (χ1n) is 3.19. The van der Waals surface area contributed by atoms with Gasteiger partial charge in [0.1, 0.15) is 0 Å². The second-order valence-electron chi connectivity index (χ2n) is 2.34. The lowest BCUT2D eigenvalue weighted by Gasteiger charge is -2.04. The molecule has 1 aliphatic rings. The van der Waals surface area contributed by atoms with Crippen molar-refractivity contribution in [1.82, 2.24) is 0 Å². The normalized spacial score (nSPS) is 29.3. The van der Waals surface area contributed by atoms with E-state index >= 15 is 0 Å². The van der Waals surface area contributed by atoms with Crippen molar-refractivity contribution in [3.8, 4) is 0 Å². The average molecular weight is 182 g/mol. The number of rotatable bonds is 1. The Morgan fingerprint density at radius 2 is 2.36 bits per heavy atom. The molecule has 0 aromatic heterocycles. The second-order valence-corrected chi connectivity index (χ2v) is 2.34. The molecule has 66 valence electrons. The third-order valence-corrected chi connectivity index (χ3v) is 1.49. The van der Waals surface area contributed by atoms with Crippen molar-refractivity contribution in [2.45, 2.75) is 18.6 Å². The van der Waals surface area contributed by atoms with E-state index in [2.05, 4.69) is 4.74 Å². The lowest BCUT2D eigenvalue weighted by Crippen LogP contribution is -2.23. The molecule has 2 N–H and O–H groups in total. The van der Waals surface area contributed by atoms with Crippen LogP contribution in [0.5, 0.6) is 0 Å². The first-order valence-corrected chi connectivity index (χ1v) is 3.19. The predicted octanol–water partition coefficient (Wildman–Crippen LogP) is -0.303. The van der Waals surface area contributed by atoms with E-state index in [1.807, 2.05) is 0 Å². The van der Waals surface area contributed by atoms with Crippen LogP contribution in [0.1, 0.15) is 6.42 Å². The lowest BCUT2D eigenvalue weighted by molar-refractivity contribution is -0.151. The summed E-state index contributed by atoms with van der Waals surface area (Å²) in [6.45, 7) is 0.458. The summed E-state index contributed by atoms with van der Waals surface area (Å²) in [5.74, 6) is -0.326. The predicted molar refractivity (Wildman–Crippen MR) is 41.6 cm³/mol. The molecule has 0 aromatic carbocycles. The molecule has 0 bridgehead atoms. The van der Waals surface area contributed by atoms with Crippen molar-refractivity contribution >= 4 is 18.4 Å². The molecule has 1 aliphatic heterocycles. The van der Waals surface area contributed by atoms with Gasteiger partial charge in [0.15, 0.2) is 6.10 Å². The first kappa shape index (κ1) is 10.7. The van der Waals surface area contributed by atoms with Crippen LogP contribution < -0.4 is 5.73 Å². The smallest absolute Gasteiger partial charge is 0.335 e. The summed E-state index contributed by atoms with van der Waals surface area (Å²) in [6, 6.07) is -0.0101. The third-order valence-electron chi connectivity index (χ3n) is 1.49. The van der Waals surface area contributed by atoms with E-state index in [0.717, 1.165) is 0 Å². The number of hydrogen-bond acceptors (Lipinski definition) is 4. The maximum atomic E-state index is 10.8. The van der Waals surface area contributed by atoms with Gasteiger partial charge in [-0.05, 0) is 0 Å². The Hall–Kier alpha value is -0.320. The molecule has 0 aromatic rings. The van der Waals surface area contributed by atoms with E-state index < -0.39 is 6.10 Å². The maximum absolute atomic E-state index is 10.8. The summed E-state index contributed by atoms with van der Waals surface area (Å²) in [4.78, 5) is 10.8. The average Bonchev–Trinajstić information content (AvgIpc) is 2.34. The zero-order valence-corrected chi connectivity index (χ0v) is 7.10. The minimum atomic E-state index is -0.431. The summed E-state index contributed by atoms with van der Waals surface area (Å²) >= 11 is 0. The topological polar surface area (TPSA) is 61.5 Å². The highest BCUT2D eigenvalue weighted by molar-refractivity contribution is 5.85. The fraction of sp³-hybridized carbons (Fsp3) is 0.833. The third kappa shape index (κ3) is 2.65. The van der Waals surface area contributed by atoms with Gasteiger partial charge < -0.3 is 15.2 Å². The van der Waals surface area contributed by atoms with E-state index in [4.69, 9.17) is 10.5 Å². The first-order chi connectivity index (χ1) is 4.74. The molecule has 0 amide bonds. The molecule has 1 rings (SSSR count). The van der Waals surface area contributed by atoms with Crippen molar-refractivity contribution in [2.75, 3.05) is 13.7 Å². The second kappa shape index (κ2) is 4.54. The van der Waals surface area contributed by atoms with Crippen LogP contribution in [0.2, 0.25) is 0 Å². The van der Waals surface area contributed by atoms with Gasteiger partial charge in [0.25, 0.3) is 0 Å². The van der Waals surface area contributed by atoms with Crippen LogP contribution >= 0.6 is 12.4 Å². The van der Waals surface area contributed by atoms with Crippen molar-refractivity contribution in [2.24, 2.45) is 5.73 Å². The fourth-order valence-corrected chi connectivity index (χ4v) is 0.947. The van der Waals surface area contributed by atoms with E-state index in [-0.39, 0.29) is 24.4 Å². The highest BCUT2D eigenvalue weighted by Crippen LogP contribution is 2.11. The van der Waals surface area contributed by atoms with Gasteiger partial charge >= 0.3 is 5.97 Å². The van der Waals surface area contributed by atoms with Crippen LogP contribution in [0.25, 0.3) is 0 Å². The number of hydrogen-bond donors (Lipinski definition) is 1. The number of esters is 1. The lowest BCUT2D eigenvalue weighted by atomic mass is 10.2. The Bertz CT molecular complexity index is 142. The largest absolute Gasteiger partial charge is 0.467 e. The molecule has 0 unspecified atom stereocenters. The molecule has 11 heavy (non-hydrogen) atoms. The summed E-state index contributed by atoms with van der Waals surface area (Å²) in [5.41, 5.74) is 5.48. The number of nitrogens with two attached hydrogens (primary N) is 1. The zero-order chi connectivity index (χ0) is 7.56. The van der Waals surface area contributed by atoms with Crippen LogP contribution in [0.4, 0.5) is 0 Å². The van der Waals surface area contributed by atoms with Crippen LogP contribution in [0, 0.1) is 0 Å². The fourth-order valence-electron chi connectivity index (χ4n) is 0.947. The Kier molecular flexibility index (Phi) is 4.40. The van der Waals surface area contributed by atoms with Gasteiger partial charge in [-0.25, -0.2) is 4.79 Å². The summed E-state index contributed by atoms with van der Waals surface area (Å²) < 4.78 is 9.48. The molecule has 1 heterocycles. The Morgan fingerprint density at radius 3 is 2.73 bits per heavy atom. The molecule has 1 fully saturated rings. The maximum Gasteiger partial charge on any atom is 0.335 e. The zero-order valence-electron chi connectivity index (χ0n) is 6.28. The van der Waals surface area contributed by atoms with Gasteiger partial charge in [-0.15, -0.1) is 12.4 Å². The number of carbonyl (C=O) groups is 1. The van der Waals surface area contributed by atoms with Gasteiger partial charge in [-0.1, -0.05) is 0 Å². The standard InChI is InChI=1S/C6H11NO3.ClH/c1-9-6(8)5-2-4(7)3-10-5;/h4-5H,2-3,7H2,1H3;1H/t4-,5+;/m0./s1. The SMILES string of the molecule is COC(=O)[C@H]1C[C@H](N)CO1.Cl. The number of ether oxygens (including phenoxy) is 2. The number of halogens is 1. The van der Waals surface area contributed by atoms with Crippen LogP contribution in [-0.2, 0) is 14.3 Å². The van der Waals surface area contributed by atoms with E-state index in [1.165, 1.54) is 7.11 Å². The monoisotopic (exact) mass is 181 g/mol. The molecule has 4 nitrogen and oxygen atoms in total. The molecular weight excluding hydrogens is 170 g/mol. The molecule has 0 aliphatic carbocycles. The molecule has 2 atom stereocenters. The van der Waals surface area contributed by atoms with Gasteiger partial charge in [0, 0.05) is 12.5 Å². The summed E-state index contributed by atoms with van der Waals surface area (Å²) in [5, 5.41) is 0. The van der Waals surface area contributed by atoms with Crippen molar-refractivity contribution in [3.05, 3.63) is 0 Å². The molecule has 1 saturated heterocycles. The molecule has 0 radical (unpaired) electrons. The number of carbonyl (C=O) groups excluding carboxylic acids is 1. The summed E-state index contributed by atoms with van der Waals surface area (Å²) in [6.07, 6.45) is 0.146. The van der Waals surface area contributed by atoms with Crippen LogP contribution in [0.15, 0.2) is 0 Å². The van der Waals surface area contributed by atoms with E-state index in [9.17, 15) is 4.79 Å². The summed E-state index contributed by atoms with van der Waals surface area (Å²) in [7, 11) is 1.34. The van der Waals surface area contributed by atoms with Crippen molar-refractivity contribution < 1.29 is 14.3 Å². The number of methoxy groups -OCH3 is 1. The van der Waals surface area contributed by atoms with Crippen LogP contribution in [0.3, 0.4) is 0 Å². The molecule has 0 spiro atoms. The Labute approximate surface area is 71.4 Å². The Balaban J connectivity index is 0.000001000. The van der Waals surface area contributed by atoms with Gasteiger partial charge in [0.2, 0.25) is 0 Å². The van der Waals surface area contributed by atoms with Gasteiger partial charge in [-0.2, -0.15) is 0 Å². The van der Waals surface area contributed by atoms with Gasteiger partial charge in [-0.3, -0.25) is 0 Å². The highest BCUT2D eigenvalue weighted by Gasteiger charge is 2.29. The van der Waals surface area contributed by atoms with E-state index in [1.54, 1.807) is 0 Å². The quantitative estimate of drug-likeness (QED) is 0.565. The molecule has 0 saturated carbocycles. The molecule has 5 heteroatoms. The van der Waals surface area contributed by atoms with Crippen molar-refractivity contribution in [3.63, 3.8) is 0 Å². The van der Waals surface area contributed by atoms with Crippen molar-refractivity contribution in [1.29, 1.82) is 0 Å². The minimum Gasteiger partial charge on any atom is -0.467 e.